The lowest BCUT2D eigenvalue weighted by Gasteiger charge is -2.24. The number of terminal acetylenes is 1. The monoisotopic (exact) mass is 458 g/mol. The quantitative estimate of drug-likeness (QED) is 0.254. The number of benzene rings is 1. The highest BCUT2D eigenvalue weighted by Crippen LogP contribution is 2.09. The average Bonchev–Trinajstić information content (AvgIpc) is 2.57. The first-order valence-corrected chi connectivity index (χ1v) is 7.84. The van der Waals surface area contributed by atoms with Gasteiger partial charge in [0, 0.05) is 31.5 Å². The lowest BCUT2D eigenvalue weighted by Crippen LogP contribution is -2.45. The molecule has 0 spiro atoms. The highest BCUT2D eigenvalue weighted by atomic mass is 127. The first-order valence-electron chi connectivity index (χ1n) is 7.84. The Morgan fingerprint density at radius 2 is 2.08 bits per heavy atom. The molecule has 0 aliphatic carbocycles. The zero-order valence-corrected chi connectivity index (χ0v) is 17.5. The summed E-state index contributed by atoms with van der Waals surface area (Å²) in [6.45, 7) is 7.17. The standard InChI is InChI=1S/C18H26N4O2.HI/c1-6-14-9-8-10-15(11-14)22-16(23)12-20-17(19-7-2)21-13-18(3,4)24-5;/h1,8-11H,7,12-13H2,2-5H3,(H,22,23)(H2,19,20,21);1H. The lowest BCUT2D eigenvalue weighted by atomic mass is 10.1. The smallest absolute Gasteiger partial charge is 0.246 e. The largest absolute Gasteiger partial charge is 0.377 e. The normalized spacial score (nSPS) is 11.1. The third-order valence-corrected chi connectivity index (χ3v) is 3.27. The maximum atomic E-state index is 12.0. The van der Waals surface area contributed by atoms with Crippen LogP contribution in [0.3, 0.4) is 0 Å². The molecule has 0 aliphatic heterocycles. The predicted molar refractivity (Wildman–Crippen MR) is 113 cm³/mol. The fourth-order valence-electron chi connectivity index (χ4n) is 1.75. The van der Waals surface area contributed by atoms with Crippen molar-refractivity contribution in [3.05, 3.63) is 29.8 Å². The number of ether oxygens (including phenoxy) is 1. The van der Waals surface area contributed by atoms with Gasteiger partial charge in [0.1, 0.15) is 6.54 Å². The van der Waals surface area contributed by atoms with Crippen molar-refractivity contribution in [2.24, 2.45) is 4.99 Å². The zero-order valence-electron chi connectivity index (χ0n) is 15.2. The van der Waals surface area contributed by atoms with Gasteiger partial charge in [0.25, 0.3) is 0 Å². The number of aliphatic imine (C=N–C) groups is 1. The van der Waals surface area contributed by atoms with Gasteiger partial charge in [0.2, 0.25) is 5.91 Å². The van der Waals surface area contributed by atoms with Crippen LogP contribution in [0.2, 0.25) is 0 Å². The molecule has 1 aromatic rings. The van der Waals surface area contributed by atoms with Crippen LogP contribution >= 0.6 is 24.0 Å². The van der Waals surface area contributed by atoms with Gasteiger partial charge in [-0.25, -0.2) is 4.99 Å². The molecule has 7 heteroatoms. The van der Waals surface area contributed by atoms with E-state index in [1.165, 1.54) is 0 Å². The third kappa shape index (κ3) is 9.31. The molecule has 0 saturated carbocycles. The summed E-state index contributed by atoms with van der Waals surface area (Å²) < 4.78 is 5.35. The average molecular weight is 458 g/mol. The van der Waals surface area contributed by atoms with Gasteiger partial charge in [-0.2, -0.15) is 0 Å². The van der Waals surface area contributed by atoms with E-state index in [-0.39, 0.29) is 42.0 Å². The Hall–Kier alpha value is -1.79. The topological polar surface area (TPSA) is 74.8 Å². The van der Waals surface area contributed by atoms with Crippen molar-refractivity contribution in [3.63, 3.8) is 0 Å². The highest BCUT2D eigenvalue weighted by Gasteiger charge is 2.16. The molecular weight excluding hydrogens is 431 g/mol. The number of nitrogens with zero attached hydrogens (tertiary/aromatic N) is 1. The Labute approximate surface area is 167 Å². The molecular formula is C18H27IN4O2. The molecule has 138 valence electrons. The molecule has 0 fully saturated rings. The number of hydrogen-bond donors (Lipinski definition) is 3. The minimum absolute atomic E-state index is 0. The van der Waals surface area contributed by atoms with Crippen LogP contribution in [0.25, 0.3) is 0 Å². The van der Waals surface area contributed by atoms with Crippen molar-refractivity contribution >= 4 is 41.5 Å². The van der Waals surface area contributed by atoms with E-state index in [0.717, 1.165) is 0 Å². The minimum Gasteiger partial charge on any atom is -0.377 e. The number of halogens is 1. The fraction of sp³-hybridized carbons (Fsp3) is 0.444. The Bertz CT molecular complexity index is 624. The first kappa shape index (κ1) is 23.2. The van der Waals surface area contributed by atoms with Crippen LogP contribution in [0.4, 0.5) is 5.69 Å². The maximum absolute atomic E-state index is 12.0. The van der Waals surface area contributed by atoms with E-state index in [1.54, 1.807) is 31.4 Å². The molecule has 0 aliphatic rings. The molecule has 0 unspecified atom stereocenters. The van der Waals surface area contributed by atoms with Crippen molar-refractivity contribution in [1.82, 2.24) is 10.6 Å². The van der Waals surface area contributed by atoms with Crippen LogP contribution in [0.1, 0.15) is 26.3 Å². The summed E-state index contributed by atoms with van der Waals surface area (Å²) in [4.78, 5) is 16.3. The molecule has 0 saturated heterocycles. The number of hydrogen-bond acceptors (Lipinski definition) is 3. The second-order valence-corrected chi connectivity index (χ2v) is 5.79. The Kier molecular flexibility index (Phi) is 10.9. The Balaban J connectivity index is 0.00000576. The van der Waals surface area contributed by atoms with Crippen LogP contribution < -0.4 is 16.0 Å². The molecule has 0 bridgehead atoms. The SMILES string of the molecule is C#Cc1cccc(NC(=O)CN=C(NCC)NCC(C)(C)OC)c1.I. The fourth-order valence-corrected chi connectivity index (χ4v) is 1.75. The summed E-state index contributed by atoms with van der Waals surface area (Å²) >= 11 is 0. The van der Waals surface area contributed by atoms with Crippen molar-refractivity contribution < 1.29 is 9.53 Å². The number of rotatable bonds is 7. The summed E-state index contributed by atoms with van der Waals surface area (Å²) in [6.07, 6.45) is 5.35. The number of guanidine groups is 1. The summed E-state index contributed by atoms with van der Waals surface area (Å²) in [5.41, 5.74) is 1.05. The Morgan fingerprint density at radius 3 is 2.68 bits per heavy atom. The van der Waals surface area contributed by atoms with E-state index >= 15 is 0 Å². The van der Waals surface area contributed by atoms with Crippen molar-refractivity contribution in [1.29, 1.82) is 0 Å². The van der Waals surface area contributed by atoms with E-state index in [4.69, 9.17) is 11.2 Å². The van der Waals surface area contributed by atoms with Crippen LogP contribution in [-0.4, -0.2) is 44.2 Å². The van der Waals surface area contributed by atoms with E-state index in [9.17, 15) is 4.79 Å². The summed E-state index contributed by atoms with van der Waals surface area (Å²) in [6, 6.07) is 7.13. The number of nitrogens with one attached hydrogen (secondary N) is 3. The molecule has 0 atom stereocenters. The highest BCUT2D eigenvalue weighted by molar-refractivity contribution is 14.0. The van der Waals surface area contributed by atoms with E-state index in [1.807, 2.05) is 20.8 Å². The molecule has 3 N–H and O–H groups in total. The molecule has 6 nitrogen and oxygen atoms in total. The van der Waals surface area contributed by atoms with Crippen LogP contribution in [0.5, 0.6) is 0 Å². The molecule has 1 amide bonds. The number of carbonyl (C=O) groups excluding carboxylic acids is 1. The van der Waals surface area contributed by atoms with Crippen LogP contribution in [0.15, 0.2) is 29.3 Å². The summed E-state index contributed by atoms with van der Waals surface area (Å²) in [7, 11) is 1.66. The first-order chi connectivity index (χ1) is 11.4. The maximum Gasteiger partial charge on any atom is 0.246 e. The number of carbonyl (C=O) groups is 1. The van der Waals surface area contributed by atoms with Gasteiger partial charge in [-0.15, -0.1) is 30.4 Å². The second kappa shape index (κ2) is 11.7. The summed E-state index contributed by atoms with van der Waals surface area (Å²) in [5.74, 6) is 2.88. The van der Waals surface area contributed by atoms with Crippen LogP contribution in [0, 0.1) is 12.3 Å². The van der Waals surface area contributed by atoms with Gasteiger partial charge in [0.15, 0.2) is 5.96 Å². The van der Waals surface area contributed by atoms with Crippen molar-refractivity contribution in [2.75, 3.05) is 32.1 Å². The van der Waals surface area contributed by atoms with E-state index in [2.05, 4.69) is 26.9 Å². The minimum atomic E-state index is -0.325. The summed E-state index contributed by atoms with van der Waals surface area (Å²) in [5, 5.41) is 9.03. The molecule has 0 heterocycles. The van der Waals surface area contributed by atoms with Gasteiger partial charge in [-0.05, 0) is 39.0 Å². The number of anilines is 1. The molecule has 1 rings (SSSR count). The molecule has 0 aromatic heterocycles. The number of amides is 1. The molecule has 0 radical (unpaired) electrons. The second-order valence-electron chi connectivity index (χ2n) is 5.79. The van der Waals surface area contributed by atoms with Crippen molar-refractivity contribution in [2.45, 2.75) is 26.4 Å². The van der Waals surface area contributed by atoms with E-state index < -0.39 is 0 Å². The zero-order chi connectivity index (χ0) is 18.0. The lowest BCUT2D eigenvalue weighted by molar-refractivity contribution is -0.114. The molecule has 1 aromatic carbocycles. The Morgan fingerprint density at radius 1 is 1.36 bits per heavy atom. The van der Waals surface area contributed by atoms with Gasteiger partial charge in [0.05, 0.1) is 5.60 Å². The van der Waals surface area contributed by atoms with Gasteiger partial charge in [-0.1, -0.05) is 12.0 Å². The van der Waals surface area contributed by atoms with Crippen molar-refractivity contribution in [3.8, 4) is 12.3 Å². The van der Waals surface area contributed by atoms with Gasteiger partial charge in [-0.3, -0.25) is 4.79 Å². The van der Waals surface area contributed by atoms with Gasteiger partial charge < -0.3 is 20.7 Å². The number of methoxy groups -OCH3 is 1. The van der Waals surface area contributed by atoms with Crippen LogP contribution in [-0.2, 0) is 9.53 Å². The van der Waals surface area contributed by atoms with E-state index in [0.29, 0.717) is 30.3 Å². The third-order valence-electron chi connectivity index (χ3n) is 3.27. The van der Waals surface area contributed by atoms with Gasteiger partial charge >= 0.3 is 0 Å². The molecule has 25 heavy (non-hydrogen) atoms. The predicted octanol–water partition coefficient (Wildman–Crippen LogP) is 2.20.